The number of aryl methyl sites for hydroxylation is 1. The first-order chi connectivity index (χ1) is 13.6. The van der Waals surface area contributed by atoms with E-state index in [2.05, 4.69) is 39.2 Å². The minimum absolute atomic E-state index is 0.0863. The maximum absolute atomic E-state index is 13.9. The summed E-state index contributed by atoms with van der Waals surface area (Å²) in [5, 5.41) is 3.10. The van der Waals surface area contributed by atoms with Crippen LogP contribution in [0.5, 0.6) is 0 Å². The average molecular weight is 380 g/mol. The van der Waals surface area contributed by atoms with E-state index in [4.69, 9.17) is 0 Å². The fourth-order valence-corrected chi connectivity index (χ4v) is 3.75. The van der Waals surface area contributed by atoms with E-state index in [9.17, 15) is 8.78 Å². The number of nitrogens with zero attached hydrogens (tertiary/aromatic N) is 3. The molecule has 0 spiro atoms. The summed E-state index contributed by atoms with van der Waals surface area (Å²) in [7, 11) is 0. The molecule has 0 aliphatic carbocycles. The second kappa shape index (κ2) is 7.54. The molecule has 0 saturated carbocycles. The van der Waals surface area contributed by atoms with Crippen molar-refractivity contribution in [3.05, 3.63) is 76.7 Å². The number of anilines is 3. The van der Waals surface area contributed by atoms with E-state index in [1.807, 2.05) is 12.1 Å². The molecule has 4 rings (SSSR count). The van der Waals surface area contributed by atoms with Gasteiger partial charge in [-0.15, -0.1) is 0 Å². The van der Waals surface area contributed by atoms with Gasteiger partial charge in [0.05, 0.1) is 11.7 Å². The van der Waals surface area contributed by atoms with Gasteiger partial charge in [0, 0.05) is 17.8 Å². The van der Waals surface area contributed by atoms with Crippen LogP contribution in [0.1, 0.15) is 35.3 Å². The molecule has 28 heavy (non-hydrogen) atoms. The van der Waals surface area contributed by atoms with Crippen LogP contribution in [-0.2, 0) is 13.1 Å². The predicted octanol–water partition coefficient (Wildman–Crippen LogP) is 5.26. The lowest BCUT2D eigenvalue weighted by atomic mass is 9.93. The van der Waals surface area contributed by atoms with Crippen LogP contribution in [0.25, 0.3) is 0 Å². The standard InChI is InChI=1S/C22H22F2N4/c1-14-20(13-23)21(27-22(25-14)26-18-9-7-17(24)8-10-18)28-12-11-16-5-3-4-6-19(16)15(28)2/h3-10,15H,11-13H2,1-2H3,(H,25,26,27). The number of benzene rings is 2. The van der Waals surface area contributed by atoms with Gasteiger partial charge in [0.15, 0.2) is 0 Å². The van der Waals surface area contributed by atoms with Crippen LogP contribution in [0, 0.1) is 12.7 Å². The molecule has 1 unspecified atom stereocenters. The SMILES string of the molecule is Cc1nc(Nc2ccc(F)cc2)nc(N2CCc3ccccc3C2C)c1CF. The predicted molar refractivity (Wildman–Crippen MR) is 107 cm³/mol. The molecule has 1 aliphatic heterocycles. The molecule has 4 nitrogen and oxygen atoms in total. The molecule has 0 radical (unpaired) electrons. The molecule has 0 bridgehead atoms. The molecule has 0 fully saturated rings. The number of aromatic nitrogens is 2. The number of alkyl halides is 1. The number of rotatable bonds is 4. The zero-order valence-corrected chi connectivity index (χ0v) is 15.9. The number of nitrogens with one attached hydrogen (secondary N) is 1. The van der Waals surface area contributed by atoms with Gasteiger partial charge < -0.3 is 10.2 Å². The quantitative estimate of drug-likeness (QED) is 0.670. The summed E-state index contributed by atoms with van der Waals surface area (Å²) in [5.74, 6) is 0.681. The largest absolute Gasteiger partial charge is 0.349 e. The Labute approximate surface area is 163 Å². The summed E-state index contributed by atoms with van der Waals surface area (Å²) in [5.41, 5.74) is 4.35. The Morgan fingerprint density at radius 2 is 1.86 bits per heavy atom. The van der Waals surface area contributed by atoms with Gasteiger partial charge in [0.25, 0.3) is 0 Å². The van der Waals surface area contributed by atoms with E-state index in [0.29, 0.717) is 28.7 Å². The first-order valence-electron chi connectivity index (χ1n) is 9.37. The van der Waals surface area contributed by atoms with E-state index in [-0.39, 0.29) is 11.9 Å². The fraction of sp³-hybridized carbons (Fsp3) is 0.273. The van der Waals surface area contributed by atoms with Gasteiger partial charge >= 0.3 is 0 Å². The van der Waals surface area contributed by atoms with Gasteiger partial charge in [-0.1, -0.05) is 24.3 Å². The molecular formula is C22H22F2N4. The minimum atomic E-state index is -0.622. The maximum Gasteiger partial charge on any atom is 0.229 e. The van der Waals surface area contributed by atoms with Gasteiger partial charge in [-0.05, 0) is 55.7 Å². The number of halogens is 2. The van der Waals surface area contributed by atoms with E-state index in [1.54, 1.807) is 19.1 Å². The fourth-order valence-electron chi connectivity index (χ4n) is 3.75. The maximum atomic E-state index is 13.9. The number of hydrogen-bond acceptors (Lipinski definition) is 4. The molecule has 2 aromatic carbocycles. The molecule has 3 aromatic rings. The van der Waals surface area contributed by atoms with E-state index >= 15 is 0 Å². The Morgan fingerprint density at radius 1 is 1.11 bits per heavy atom. The Hall–Kier alpha value is -3.02. The summed E-state index contributed by atoms with van der Waals surface area (Å²) < 4.78 is 27.0. The summed E-state index contributed by atoms with van der Waals surface area (Å²) in [6.45, 7) is 4.05. The lowest BCUT2D eigenvalue weighted by molar-refractivity contribution is 0.478. The molecule has 0 amide bonds. The molecule has 2 heterocycles. The molecule has 1 aromatic heterocycles. The van der Waals surface area contributed by atoms with Crippen LogP contribution < -0.4 is 10.2 Å². The van der Waals surface area contributed by atoms with Crippen LogP contribution in [0.2, 0.25) is 0 Å². The first kappa shape index (κ1) is 18.3. The van der Waals surface area contributed by atoms with E-state index < -0.39 is 6.67 Å². The highest BCUT2D eigenvalue weighted by atomic mass is 19.1. The average Bonchev–Trinajstić information content (AvgIpc) is 2.70. The Kier molecular flexibility index (Phi) is 4.94. The van der Waals surface area contributed by atoms with Crippen LogP contribution >= 0.6 is 0 Å². The van der Waals surface area contributed by atoms with Crippen LogP contribution in [-0.4, -0.2) is 16.5 Å². The van der Waals surface area contributed by atoms with E-state index in [0.717, 1.165) is 13.0 Å². The van der Waals surface area contributed by atoms with Crippen molar-refractivity contribution >= 4 is 17.5 Å². The van der Waals surface area contributed by atoms with Crippen molar-refractivity contribution < 1.29 is 8.78 Å². The van der Waals surface area contributed by atoms with E-state index in [1.165, 1.54) is 23.3 Å². The Bertz CT molecular complexity index is 988. The molecule has 1 atom stereocenters. The molecular weight excluding hydrogens is 358 g/mol. The highest BCUT2D eigenvalue weighted by molar-refractivity contribution is 5.60. The van der Waals surface area contributed by atoms with Crippen molar-refractivity contribution in [3.63, 3.8) is 0 Å². The molecule has 1 N–H and O–H groups in total. The van der Waals surface area contributed by atoms with Crippen LogP contribution in [0.15, 0.2) is 48.5 Å². The normalized spacial score (nSPS) is 16.0. The second-order valence-corrected chi connectivity index (χ2v) is 7.02. The lowest BCUT2D eigenvalue weighted by Gasteiger charge is -2.37. The zero-order valence-electron chi connectivity index (χ0n) is 15.9. The molecule has 6 heteroatoms. The summed E-state index contributed by atoms with van der Waals surface area (Å²) >= 11 is 0. The third kappa shape index (κ3) is 3.42. The van der Waals surface area contributed by atoms with Crippen molar-refractivity contribution in [2.45, 2.75) is 33.0 Å². The smallest absolute Gasteiger partial charge is 0.229 e. The van der Waals surface area contributed by atoms with Gasteiger partial charge in [0.2, 0.25) is 5.95 Å². The lowest BCUT2D eigenvalue weighted by Crippen LogP contribution is -2.35. The highest BCUT2D eigenvalue weighted by Crippen LogP contribution is 2.35. The molecule has 1 aliphatic rings. The monoisotopic (exact) mass is 380 g/mol. The first-order valence-corrected chi connectivity index (χ1v) is 9.37. The zero-order chi connectivity index (χ0) is 19.7. The minimum Gasteiger partial charge on any atom is -0.349 e. The molecule has 144 valence electrons. The van der Waals surface area contributed by atoms with Crippen LogP contribution in [0.4, 0.5) is 26.2 Å². The summed E-state index contributed by atoms with van der Waals surface area (Å²) in [6, 6.07) is 14.4. The molecule has 0 saturated heterocycles. The third-order valence-corrected chi connectivity index (χ3v) is 5.29. The Morgan fingerprint density at radius 3 is 2.61 bits per heavy atom. The Balaban J connectivity index is 1.71. The summed E-state index contributed by atoms with van der Waals surface area (Å²) in [6.07, 6.45) is 0.885. The van der Waals surface area contributed by atoms with Crippen molar-refractivity contribution in [3.8, 4) is 0 Å². The topological polar surface area (TPSA) is 41.1 Å². The summed E-state index contributed by atoms with van der Waals surface area (Å²) in [4.78, 5) is 11.2. The van der Waals surface area contributed by atoms with Gasteiger partial charge in [0.1, 0.15) is 18.3 Å². The second-order valence-electron chi connectivity index (χ2n) is 7.02. The highest BCUT2D eigenvalue weighted by Gasteiger charge is 2.27. The van der Waals surface area contributed by atoms with Crippen molar-refractivity contribution in [1.29, 1.82) is 0 Å². The van der Waals surface area contributed by atoms with Crippen LogP contribution in [0.3, 0.4) is 0 Å². The van der Waals surface area contributed by atoms with Crippen molar-refractivity contribution in [2.75, 3.05) is 16.8 Å². The van der Waals surface area contributed by atoms with Crippen molar-refractivity contribution in [1.82, 2.24) is 9.97 Å². The van der Waals surface area contributed by atoms with Gasteiger partial charge in [-0.3, -0.25) is 0 Å². The van der Waals surface area contributed by atoms with Gasteiger partial charge in [-0.2, -0.15) is 4.98 Å². The number of hydrogen-bond donors (Lipinski definition) is 1. The van der Waals surface area contributed by atoms with Crippen molar-refractivity contribution in [2.24, 2.45) is 0 Å². The van der Waals surface area contributed by atoms with Gasteiger partial charge in [-0.25, -0.2) is 13.8 Å². The third-order valence-electron chi connectivity index (χ3n) is 5.29. The number of fused-ring (bicyclic) bond motifs is 1.